The predicted octanol–water partition coefficient (Wildman–Crippen LogP) is 2.61. The molecule has 0 bridgehead atoms. The molecule has 98 valence electrons. The maximum atomic E-state index is 5.26. The lowest BCUT2D eigenvalue weighted by atomic mass is 10.4. The highest BCUT2D eigenvalue weighted by Crippen LogP contribution is 2.22. The van der Waals surface area contributed by atoms with Crippen molar-refractivity contribution in [3.63, 3.8) is 0 Å². The van der Waals surface area contributed by atoms with Crippen molar-refractivity contribution >= 4 is 11.8 Å². The molecule has 0 radical (unpaired) electrons. The first-order valence-electron chi connectivity index (χ1n) is 6.37. The van der Waals surface area contributed by atoms with Crippen LogP contribution in [0.5, 0.6) is 0 Å². The molecule has 0 unspecified atom stereocenters. The lowest BCUT2D eigenvalue weighted by Crippen LogP contribution is -2.32. The third kappa shape index (κ3) is 5.61. The summed E-state index contributed by atoms with van der Waals surface area (Å²) in [5, 5.41) is 3.47. The lowest BCUT2D eigenvalue weighted by molar-refractivity contribution is 0.303. The van der Waals surface area contributed by atoms with E-state index in [1.807, 2.05) is 24.8 Å². The van der Waals surface area contributed by atoms with Gasteiger partial charge in [0.2, 0.25) is 0 Å². The Balaban J connectivity index is 2.00. The number of nitrogens with one attached hydrogen (secondary N) is 1. The van der Waals surface area contributed by atoms with Gasteiger partial charge in [-0.1, -0.05) is 13.8 Å². The maximum Gasteiger partial charge on any atom is 0.114 e. The molecule has 0 fully saturated rings. The van der Waals surface area contributed by atoms with Gasteiger partial charge in [0.25, 0.3) is 0 Å². The van der Waals surface area contributed by atoms with E-state index >= 15 is 0 Å². The smallest absolute Gasteiger partial charge is 0.114 e. The summed E-state index contributed by atoms with van der Waals surface area (Å²) in [6, 6.07) is 2.04. The van der Waals surface area contributed by atoms with Crippen LogP contribution in [-0.4, -0.2) is 43.4 Å². The standard InChI is InChI=1S/C13H24N2OS/c1-4-15(5-2)9-7-14-8-11-17-13-6-10-16-12(13)3/h6,10,14H,4-5,7-9,11H2,1-3H3. The van der Waals surface area contributed by atoms with E-state index in [-0.39, 0.29) is 0 Å². The molecule has 17 heavy (non-hydrogen) atoms. The van der Waals surface area contributed by atoms with Crippen LogP contribution >= 0.6 is 11.8 Å². The number of hydrogen-bond acceptors (Lipinski definition) is 4. The highest BCUT2D eigenvalue weighted by molar-refractivity contribution is 7.99. The molecule has 1 rings (SSSR count). The molecular formula is C13H24N2OS. The highest BCUT2D eigenvalue weighted by Gasteiger charge is 2.01. The zero-order valence-corrected chi connectivity index (χ0v) is 12.0. The van der Waals surface area contributed by atoms with E-state index in [1.165, 1.54) is 4.90 Å². The van der Waals surface area contributed by atoms with E-state index in [1.54, 1.807) is 6.26 Å². The van der Waals surface area contributed by atoms with Gasteiger partial charge in [0, 0.05) is 30.3 Å². The van der Waals surface area contributed by atoms with Gasteiger partial charge in [-0.25, -0.2) is 0 Å². The topological polar surface area (TPSA) is 28.4 Å². The third-order valence-corrected chi connectivity index (χ3v) is 3.99. The summed E-state index contributed by atoms with van der Waals surface area (Å²) in [6.45, 7) is 12.0. The Kier molecular flexibility index (Phi) is 7.40. The molecule has 0 atom stereocenters. The average molecular weight is 256 g/mol. The molecule has 0 aliphatic rings. The largest absolute Gasteiger partial charge is 0.468 e. The van der Waals surface area contributed by atoms with Crippen LogP contribution in [-0.2, 0) is 0 Å². The van der Waals surface area contributed by atoms with Crippen molar-refractivity contribution < 1.29 is 4.42 Å². The summed E-state index contributed by atoms with van der Waals surface area (Å²) in [4.78, 5) is 3.69. The Labute approximate surface area is 109 Å². The molecule has 1 N–H and O–H groups in total. The molecule has 3 nitrogen and oxygen atoms in total. The van der Waals surface area contributed by atoms with Crippen molar-refractivity contribution in [3.8, 4) is 0 Å². The Morgan fingerprint density at radius 2 is 2.06 bits per heavy atom. The van der Waals surface area contributed by atoms with Crippen molar-refractivity contribution in [1.82, 2.24) is 10.2 Å². The average Bonchev–Trinajstić information content (AvgIpc) is 2.74. The van der Waals surface area contributed by atoms with Crippen LogP contribution < -0.4 is 5.32 Å². The predicted molar refractivity (Wildman–Crippen MR) is 74.8 cm³/mol. The summed E-state index contributed by atoms with van der Waals surface area (Å²) in [5.74, 6) is 2.12. The summed E-state index contributed by atoms with van der Waals surface area (Å²) in [6.07, 6.45) is 1.76. The Morgan fingerprint density at radius 1 is 1.29 bits per heavy atom. The Morgan fingerprint density at radius 3 is 2.65 bits per heavy atom. The number of aryl methyl sites for hydroxylation is 1. The molecule has 0 amide bonds. The van der Waals surface area contributed by atoms with E-state index in [0.29, 0.717) is 0 Å². The minimum Gasteiger partial charge on any atom is -0.468 e. The molecule has 0 saturated carbocycles. The minimum atomic E-state index is 1.03. The first kappa shape index (κ1) is 14.6. The SMILES string of the molecule is CCN(CC)CCNCCSc1ccoc1C. The number of furan rings is 1. The number of likely N-dealkylation sites (N-methyl/N-ethyl adjacent to an activating group) is 1. The minimum absolute atomic E-state index is 1.03. The quantitative estimate of drug-likeness (QED) is 0.543. The van der Waals surface area contributed by atoms with Crippen LogP contribution in [0.3, 0.4) is 0 Å². The fourth-order valence-electron chi connectivity index (χ4n) is 1.66. The van der Waals surface area contributed by atoms with E-state index < -0.39 is 0 Å². The fraction of sp³-hybridized carbons (Fsp3) is 0.692. The molecular weight excluding hydrogens is 232 g/mol. The molecule has 1 aromatic heterocycles. The summed E-state index contributed by atoms with van der Waals surface area (Å²) < 4.78 is 5.26. The Hall–Kier alpha value is -0.450. The first-order valence-corrected chi connectivity index (χ1v) is 7.36. The highest BCUT2D eigenvalue weighted by atomic mass is 32.2. The Bertz CT molecular complexity index is 297. The van der Waals surface area contributed by atoms with Gasteiger partial charge in [-0.15, -0.1) is 11.8 Å². The van der Waals surface area contributed by atoms with Gasteiger partial charge in [0.15, 0.2) is 0 Å². The maximum absolute atomic E-state index is 5.26. The van der Waals surface area contributed by atoms with Gasteiger partial charge in [-0.2, -0.15) is 0 Å². The zero-order chi connectivity index (χ0) is 12.5. The van der Waals surface area contributed by atoms with Gasteiger partial charge < -0.3 is 14.6 Å². The van der Waals surface area contributed by atoms with Gasteiger partial charge >= 0.3 is 0 Å². The van der Waals surface area contributed by atoms with Crippen molar-refractivity contribution in [1.29, 1.82) is 0 Å². The van der Waals surface area contributed by atoms with E-state index in [2.05, 4.69) is 24.1 Å². The molecule has 4 heteroatoms. The second kappa shape index (κ2) is 8.61. The fourth-order valence-corrected chi connectivity index (χ4v) is 2.53. The molecule has 0 aliphatic heterocycles. The number of nitrogens with zero attached hydrogens (tertiary/aromatic N) is 1. The van der Waals surface area contributed by atoms with Gasteiger partial charge in [0.1, 0.15) is 5.76 Å². The van der Waals surface area contributed by atoms with Crippen LogP contribution in [0.25, 0.3) is 0 Å². The third-order valence-electron chi connectivity index (χ3n) is 2.85. The zero-order valence-electron chi connectivity index (χ0n) is 11.2. The van der Waals surface area contributed by atoms with Gasteiger partial charge in [0.05, 0.1) is 6.26 Å². The molecule has 0 saturated heterocycles. The molecule has 0 aliphatic carbocycles. The summed E-state index contributed by atoms with van der Waals surface area (Å²) >= 11 is 1.85. The normalized spacial score (nSPS) is 11.3. The van der Waals surface area contributed by atoms with Crippen LogP contribution in [0.2, 0.25) is 0 Å². The van der Waals surface area contributed by atoms with Crippen LogP contribution in [0.1, 0.15) is 19.6 Å². The summed E-state index contributed by atoms with van der Waals surface area (Å²) in [7, 11) is 0. The second-order valence-electron chi connectivity index (χ2n) is 3.97. The number of rotatable bonds is 9. The second-order valence-corrected chi connectivity index (χ2v) is 5.10. The molecule has 1 aromatic rings. The van der Waals surface area contributed by atoms with Crippen molar-refractivity contribution in [2.75, 3.05) is 38.5 Å². The van der Waals surface area contributed by atoms with E-state index in [9.17, 15) is 0 Å². The molecule has 0 aromatic carbocycles. The van der Waals surface area contributed by atoms with E-state index in [0.717, 1.165) is 44.2 Å². The lowest BCUT2D eigenvalue weighted by Gasteiger charge is -2.17. The molecule has 0 spiro atoms. The van der Waals surface area contributed by atoms with E-state index in [4.69, 9.17) is 4.42 Å². The van der Waals surface area contributed by atoms with Crippen molar-refractivity contribution in [2.24, 2.45) is 0 Å². The number of hydrogen-bond donors (Lipinski definition) is 1. The molecule has 1 heterocycles. The van der Waals surface area contributed by atoms with Crippen LogP contribution in [0.15, 0.2) is 21.6 Å². The van der Waals surface area contributed by atoms with Crippen LogP contribution in [0.4, 0.5) is 0 Å². The first-order chi connectivity index (χ1) is 8.27. The van der Waals surface area contributed by atoms with Gasteiger partial charge in [-0.3, -0.25) is 0 Å². The van der Waals surface area contributed by atoms with Gasteiger partial charge in [-0.05, 0) is 26.1 Å². The van der Waals surface area contributed by atoms with Crippen LogP contribution in [0, 0.1) is 6.92 Å². The monoisotopic (exact) mass is 256 g/mol. The summed E-state index contributed by atoms with van der Waals surface area (Å²) in [5.41, 5.74) is 0. The van der Waals surface area contributed by atoms with Crippen molar-refractivity contribution in [2.45, 2.75) is 25.7 Å². The number of thioether (sulfide) groups is 1. The van der Waals surface area contributed by atoms with Crippen molar-refractivity contribution in [3.05, 3.63) is 18.1 Å².